The van der Waals surface area contributed by atoms with E-state index in [2.05, 4.69) is 17.4 Å². The average Bonchev–Trinajstić information content (AvgIpc) is 3.05. The molecule has 1 aromatic rings. The third-order valence-corrected chi connectivity index (χ3v) is 3.39. The van der Waals surface area contributed by atoms with Crippen molar-refractivity contribution in [2.45, 2.75) is 25.7 Å². The van der Waals surface area contributed by atoms with E-state index in [1.807, 2.05) is 6.07 Å². The van der Waals surface area contributed by atoms with Gasteiger partial charge in [0, 0.05) is 0 Å². The molecule has 3 nitrogen and oxygen atoms in total. The number of rotatable bonds is 6. The first-order chi connectivity index (χ1) is 8.42. The molecule has 92 valence electrons. The van der Waals surface area contributed by atoms with Crippen molar-refractivity contribution >= 4 is 0 Å². The molecule has 1 heterocycles. The molecule has 2 aliphatic rings. The fraction of sp³-hybridized carbons (Fsp3) is 0.571. The minimum Gasteiger partial charge on any atom is -0.454 e. The summed E-state index contributed by atoms with van der Waals surface area (Å²) in [5.41, 5.74) is 1.34. The van der Waals surface area contributed by atoms with Crippen LogP contribution < -0.4 is 14.8 Å². The fourth-order valence-corrected chi connectivity index (χ4v) is 2.14. The second-order valence-corrected chi connectivity index (χ2v) is 4.94. The highest BCUT2D eigenvalue weighted by Crippen LogP contribution is 2.32. The monoisotopic (exact) mass is 233 g/mol. The van der Waals surface area contributed by atoms with Crippen LogP contribution in [0.4, 0.5) is 0 Å². The Morgan fingerprint density at radius 2 is 2.06 bits per heavy atom. The van der Waals surface area contributed by atoms with Gasteiger partial charge in [0.1, 0.15) is 0 Å². The van der Waals surface area contributed by atoms with E-state index >= 15 is 0 Å². The molecule has 1 aliphatic carbocycles. The van der Waals surface area contributed by atoms with E-state index in [1.54, 1.807) is 0 Å². The Morgan fingerprint density at radius 3 is 2.94 bits per heavy atom. The summed E-state index contributed by atoms with van der Waals surface area (Å²) in [7, 11) is 0. The summed E-state index contributed by atoms with van der Waals surface area (Å²) >= 11 is 0. The normalized spacial score (nSPS) is 17.4. The number of hydrogen-bond acceptors (Lipinski definition) is 3. The highest BCUT2D eigenvalue weighted by Gasteiger charge is 2.19. The van der Waals surface area contributed by atoms with Crippen molar-refractivity contribution < 1.29 is 9.47 Å². The van der Waals surface area contributed by atoms with Crippen LogP contribution in [-0.4, -0.2) is 19.9 Å². The van der Waals surface area contributed by atoms with Crippen LogP contribution in [-0.2, 0) is 6.42 Å². The number of benzene rings is 1. The molecule has 0 amide bonds. The maximum absolute atomic E-state index is 5.37. The first kappa shape index (κ1) is 10.9. The minimum atomic E-state index is 0.363. The molecule has 0 aromatic heterocycles. The van der Waals surface area contributed by atoms with Crippen molar-refractivity contribution in [2.75, 3.05) is 19.9 Å². The van der Waals surface area contributed by atoms with Gasteiger partial charge in [-0.3, -0.25) is 0 Å². The lowest BCUT2D eigenvalue weighted by Crippen LogP contribution is -2.18. The van der Waals surface area contributed by atoms with Gasteiger partial charge in [-0.25, -0.2) is 0 Å². The zero-order valence-electron chi connectivity index (χ0n) is 10.1. The Morgan fingerprint density at radius 1 is 1.18 bits per heavy atom. The standard InChI is InChI=1S/C14H19NO2/c1(7-15-9-12-3-4-12)2-11-5-6-13-14(8-11)17-10-16-13/h5-6,8,12,15H,1-4,7,9-10H2. The van der Waals surface area contributed by atoms with Crippen molar-refractivity contribution in [3.63, 3.8) is 0 Å². The third kappa shape index (κ3) is 2.91. The van der Waals surface area contributed by atoms with Gasteiger partial charge in [0.25, 0.3) is 0 Å². The van der Waals surface area contributed by atoms with Crippen LogP contribution in [0.2, 0.25) is 0 Å². The zero-order valence-corrected chi connectivity index (χ0v) is 10.1. The summed E-state index contributed by atoms with van der Waals surface area (Å²) in [6.07, 6.45) is 5.14. The molecule has 0 saturated heterocycles. The number of nitrogens with one attached hydrogen (secondary N) is 1. The van der Waals surface area contributed by atoms with Gasteiger partial charge in [-0.15, -0.1) is 0 Å². The Labute approximate surface area is 102 Å². The molecule has 1 fully saturated rings. The van der Waals surface area contributed by atoms with Crippen LogP contribution in [0.3, 0.4) is 0 Å². The Balaban J connectivity index is 1.41. The molecular weight excluding hydrogens is 214 g/mol. The van der Waals surface area contributed by atoms with Crippen molar-refractivity contribution in [2.24, 2.45) is 5.92 Å². The first-order valence-electron chi connectivity index (χ1n) is 6.51. The summed E-state index contributed by atoms with van der Waals surface area (Å²) in [5.74, 6) is 2.74. The Hall–Kier alpha value is -1.22. The van der Waals surface area contributed by atoms with Crippen LogP contribution in [0.5, 0.6) is 11.5 Å². The van der Waals surface area contributed by atoms with Crippen molar-refractivity contribution in [1.82, 2.24) is 5.32 Å². The first-order valence-corrected chi connectivity index (χ1v) is 6.51. The summed E-state index contributed by atoms with van der Waals surface area (Å²) in [5, 5.41) is 3.51. The van der Waals surface area contributed by atoms with E-state index in [-0.39, 0.29) is 0 Å². The van der Waals surface area contributed by atoms with Crippen LogP contribution in [0, 0.1) is 5.92 Å². The molecule has 17 heavy (non-hydrogen) atoms. The minimum absolute atomic E-state index is 0.363. The quantitative estimate of drug-likeness (QED) is 0.765. The third-order valence-electron chi connectivity index (χ3n) is 3.39. The van der Waals surface area contributed by atoms with Crippen LogP contribution in [0.15, 0.2) is 18.2 Å². The van der Waals surface area contributed by atoms with Gasteiger partial charge in [-0.05, 0) is 62.4 Å². The van der Waals surface area contributed by atoms with E-state index in [0.29, 0.717) is 6.79 Å². The molecule has 1 saturated carbocycles. The van der Waals surface area contributed by atoms with Gasteiger partial charge >= 0.3 is 0 Å². The molecule has 3 rings (SSSR count). The molecule has 3 heteroatoms. The Kier molecular flexibility index (Phi) is 3.18. The number of ether oxygens (including phenoxy) is 2. The molecule has 0 unspecified atom stereocenters. The van der Waals surface area contributed by atoms with E-state index in [4.69, 9.17) is 9.47 Å². The Bertz CT molecular complexity index is 388. The summed E-state index contributed by atoms with van der Waals surface area (Å²) in [6, 6.07) is 6.24. The maximum atomic E-state index is 5.37. The van der Waals surface area contributed by atoms with E-state index in [1.165, 1.54) is 31.4 Å². The fourth-order valence-electron chi connectivity index (χ4n) is 2.14. The lowest BCUT2D eigenvalue weighted by Gasteiger charge is -2.04. The van der Waals surface area contributed by atoms with Crippen LogP contribution in [0.25, 0.3) is 0 Å². The smallest absolute Gasteiger partial charge is 0.231 e. The lowest BCUT2D eigenvalue weighted by atomic mass is 10.1. The van der Waals surface area contributed by atoms with Gasteiger partial charge in [0.2, 0.25) is 6.79 Å². The van der Waals surface area contributed by atoms with E-state index < -0.39 is 0 Å². The number of fused-ring (bicyclic) bond motifs is 1. The van der Waals surface area contributed by atoms with Gasteiger partial charge in [0.05, 0.1) is 0 Å². The van der Waals surface area contributed by atoms with Gasteiger partial charge < -0.3 is 14.8 Å². The second-order valence-electron chi connectivity index (χ2n) is 4.94. The molecule has 0 radical (unpaired) electrons. The zero-order chi connectivity index (χ0) is 11.5. The van der Waals surface area contributed by atoms with Gasteiger partial charge in [0.15, 0.2) is 11.5 Å². The molecule has 1 aliphatic heterocycles. The highest BCUT2D eigenvalue weighted by molar-refractivity contribution is 5.44. The van der Waals surface area contributed by atoms with Crippen molar-refractivity contribution in [3.05, 3.63) is 23.8 Å². The predicted octanol–water partition coefficient (Wildman–Crippen LogP) is 2.35. The topological polar surface area (TPSA) is 30.5 Å². The lowest BCUT2D eigenvalue weighted by molar-refractivity contribution is 0.174. The van der Waals surface area contributed by atoms with Gasteiger partial charge in [-0.2, -0.15) is 0 Å². The van der Waals surface area contributed by atoms with Crippen LogP contribution >= 0.6 is 0 Å². The second kappa shape index (κ2) is 4.96. The van der Waals surface area contributed by atoms with E-state index in [0.717, 1.165) is 30.4 Å². The average molecular weight is 233 g/mol. The summed E-state index contributed by atoms with van der Waals surface area (Å²) < 4.78 is 10.7. The predicted molar refractivity (Wildman–Crippen MR) is 66.5 cm³/mol. The molecular formula is C14H19NO2. The number of aryl methyl sites for hydroxylation is 1. The van der Waals surface area contributed by atoms with Crippen molar-refractivity contribution in [3.8, 4) is 11.5 Å². The maximum Gasteiger partial charge on any atom is 0.231 e. The SMILES string of the molecule is c1cc2c(cc1CCCNCC1CC1)OCO2. The molecule has 0 atom stereocenters. The van der Waals surface area contributed by atoms with Crippen molar-refractivity contribution in [1.29, 1.82) is 0 Å². The molecule has 1 aromatic carbocycles. The molecule has 0 bridgehead atoms. The van der Waals surface area contributed by atoms with Gasteiger partial charge in [-0.1, -0.05) is 6.07 Å². The van der Waals surface area contributed by atoms with Crippen LogP contribution in [0.1, 0.15) is 24.8 Å². The largest absolute Gasteiger partial charge is 0.454 e. The molecule has 1 N–H and O–H groups in total. The van der Waals surface area contributed by atoms with E-state index in [9.17, 15) is 0 Å². The highest BCUT2D eigenvalue weighted by atomic mass is 16.7. The summed E-state index contributed by atoms with van der Waals surface area (Å²) in [6.45, 7) is 2.69. The number of hydrogen-bond donors (Lipinski definition) is 1. The summed E-state index contributed by atoms with van der Waals surface area (Å²) in [4.78, 5) is 0. The molecule has 0 spiro atoms.